The van der Waals surface area contributed by atoms with Gasteiger partial charge in [0.05, 0.1) is 5.69 Å². The number of nitrogens with zero attached hydrogens (tertiary/aromatic N) is 1. The summed E-state index contributed by atoms with van der Waals surface area (Å²) in [6.45, 7) is 0. The lowest BCUT2D eigenvalue weighted by molar-refractivity contribution is -0.118. The summed E-state index contributed by atoms with van der Waals surface area (Å²) in [5.41, 5.74) is 2.14. The predicted octanol–water partition coefficient (Wildman–Crippen LogP) is 4.21. The van der Waals surface area contributed by atoms with Gasteiger partial charge in [-0.25, -0.2) is 0 Å². The number of pyridine rings is 1. The van der Waals surface area contributed by atoms with Crippen LogP contribution in [0.25, 0.3) is 10.8 Å². The van der Waals surface area contributed by atoms with Crippen LogP contribution in [0.3, 0.4) is 0 Å². The van der Waals surface area contributed by atoms with Gasteiger partial charge in [-0.05, 0) is 35.2 Å². The van der Waals surface area contributed by atoms with E-state index in [1.165, 1.54) is 0 Å². The Bertz CT molecular complexity index is 1160. The van der Waals surface area contributed by atoms with Gasteiger partial charge in [0.15, 0.2) is 0 Å². The van der Waals surface area contributed by atoms with E-state index < -0.39 is 6.04 Å². The Morgan fingerprint density at radius 1 is 0.833 bits per heavy atom. The summed E-state index contributed by atoms with van der Waals surface area (Å²) in [5, 5.41) is 7.68. The van der Waals surface area contributed by atoms with Crippen LogP contribution in [-0.2, 0) is 11.2 Å². The molecule has 3 aromatic carbocycles. The molecule has 4 aromatic rings. The summed E-state index contributed by atoms with van der Waals surface area (Å²) in [5.74, 6) is -0.564. The standard InChI is InChI=1S/C25H21N3O2/c29-24(20-10-5-2-6-11-20)28-23(16-18-8-3-1-4-9-18)25(30)27-22-13-7-12-19-14-15-26-17-21(19)22/h1-15,17,23H,16H2,(H,27,30)(H,28,29). The monoisotopic (exact) mass is 395 g/mol. The van der Waals surface area contributed by atoms with Gasteiger partial charge >= 0.3 is 0 Å². The highest BCUT2D eigenvalue weighted by molar-refractivity contribution is 6.05. The maximum atomic E-state index is 13.2. The van der Waals surface area contributed by atoms with Crippen molar-refractivity contribution in [3.8, 4) is 0 Å². The molecule has 0 radical (unpaired) electrons. The van der Waals surface area contributed by atoms with Gasteiger partial charge in [-0.3, -0.25) is 14.6 Å². The highest BCUT2D eigenvalue weighted by Crippen LogP contribution is 2.22. The summed E-state index contributed by atoms with van der Waals surface area (Å²) in [4.78, 5) is 30.1. The van der Waals surface area contributed by atoms with Crippen LogP contribution in [0.15, 0.2) is 97.3 Å². The molecule has 0 bridgehead atoms. The van der Waals surface area contributed by atoms with Gasteiger partial charge < -0.3 is 10.6 Å². The normalized spacial score (nSPS) is 11.6. The molecule has 0 saturated carbocycles. The highest BCUT2D eigenvalue weighted by atomic mass is 16.2. The lowest BCUT2D eigenvalue weighted by Gasteiger charge is -2.19. The van der Waals surface area contributed by atoms with Crippen molar-refractivity contribution in [1.82, 2.24) is 10.3 Å². The average Bonchev–Trinajstić information content (AvgIpc) is 2.80. The first-order chi connectivity index (χ1) is 14.7. The number of benzene rings is 3. The first-order valence-electron chi connectivity index (χ1n) is 9.74. The molecule has 1 unspecified atom stereocenters. The van der Waals surface area contributed by atoms with E-state index >= 15 is 0 Å². The summed E-state index contributed by atoms with van der Waals surface area (Å²) in [6.07, 6.45) is 3.82. The molecule has 4 rings (SSSR count). The molecule has 0 aliphatic carbocycles. The first kappa shape index (κ1) is 19.3. The summed E-state index contributed by atoms with van der Waals surface area (Å²) >= 11 is 0. The third-order valence-electron chi connectivity index (χ3n) is 4.88. The van der Waals surface area contributed by atoms with E-state index in [4.69, 9.17) is 0 Å². The fourth-order valence-corrected chi connectivity index (χ4v) is 3.33. The third-order valence-corrected chi connectivity index (χ3v) is 4.88. The molecule has 5 heteroatoms. The number of fused-ring (bicyclic) bond motifs is 1. The molecular weight excluding hydrogens is 374 g/mol. The Labute approximate surface area is 174 Å². The molecule has 0 aliphatic heterocycles. The molecule has 1 heterocycles. The summed E-state index contributed by atoms with van der Waals surface area (Å²) in [7, 11) is 0. The number of aromatic nitrogens is 1. The minimum Gasteiger partial charge on any atom is -0.340 e. The van der Waals surface area contributed by atoms with Gasteiger partial charge in [0.2, 0.25) is 5.91 Å². The molecule has 1 atom stereocenters. The Morgan fingerprint density at radius 2 is 1.57 bits per heavy atom. The molecule has 0 fully saturated rings. The van der Waals surface area contributed by atoms with Gasteiger partial charge in [0.1, 0.15) is 6.04 Å². The fourth-order valence-electron chi connectivity index (χ4n) is 3.33. The maximum Gasteiger partial charge on any atom is 0.251 e. The van der Waals surface area contributed by atoms with Crippen LogP contribution in [0, 0.1) is 0 Å². The second kappa shape index (κ2) is 9.01. The fraction of sp³-hybridized carbons (Fsp3) is 0.0800. The van der Waals surface area contributed by atoms with E-state index in [2.05, 4.69) is 15.6 Å². The second-order valence-electron chi connectivity index (χ2n) is 6.97. The van der Waals surface area contributed by atoms with Crippen molar-refractivity contribution in [3.63, 3.8) is 0 Å². The van der Waals surface area contributed by atoms with E-state index in [1.807, 2.05) is 60.7 Å². The topological polar surface area (TPSA) is 71.1 Å². The number of hydrogen-bond acceptors (Lipinski definition) is 3. The summed E-state index contributed by atoms with van der Waals surface area (Å²) < 4.78 is 0. The van der Waals surface area contributed by atoms with Crippen LogP contribution in [0.5, 0.6) is 0 Å². The molecule has 0 spiro atoms. The number of carbonyl (C=O) groups excluding carboxylic acids is 2. The zero-order valence-electron chi connectivity index (χ0n) is 16.3. The Kier molecular flexibility index (Phi) is 5.80. The van der Waals surface area contributed by atoms with Gasteiger partial charge in [-0.1, -0.05) is 60.7 Å². The lowest BCUT2D eigenvalue weighted by Crippen LogP contribution is -2.45. The quantitative estimate of drug-likeness (QED) is 0.514. The lowest BCUT2D eigenvalue weighted by atomic mass is 10.0. The largest absolute Gasteiger partial charge is 0.340 e. The molecule has 30 heavy (non-hydrogen) atoms. The number of carbonyl (C=O) groups is 2. The zero-order valence-corrected chi connectivity index (χ0v) is 16.3. The smallest absolute Gasteiger partial charge is 0.251 e. The highest BCUT2D eigenvalue weighted by Gasteiger charge is 2.22. The van der Waals surface area contributed by atoms with E-state index in [0.717, 1.165) is 16.3 Å². The Balaban J connectivity index is 1.59. The van der Waals surface area contributed by atoms with Crippen LogP contribution in [-0.4, -0.2) is 22.8 Å². The number of anilines is 1. The minimum absolute atomic E-state index is 0.278. The zero-order chi connectivity index (χ0) is 20.8. The number of hydrogen-bond donors (Lipinski definition) is 2. The Morgan fingerprint density at radius 3 is 2.33 bits per heavy atom. The maximum absolute atomic E-state index is 13.2. The second-order valence-corrected chi connectivity index (χ2v) is 6.97. The van der Waals surface area contributed by atoms with Crippen LogP contribution in [0.4, 0.5) is 5.69 Å². The van der Waals surface area contributed by atoms with E-state index in [9.17, 15) is 9.59 Å². The Hall–Kier alpha value is -3.99. The number of amides is 2. The van der Waals surface area contributed by atoms with Crippen molar-refractivity contribution in [2.24, 2.45) is 0 Å². The number of rotatable bonds is 6. The van der Waals surface area contributed by atoms with E-state index in [0.29, 0.717) is 17.7 Å². The molecule has 2 amide bonds. The van der Waals surface area contributed by atoms with Crippen LogP contribution in [0.1, 0.15) is 15.9 Å². The van der Waals surface area contributed by atoms with Crippen molar-refractivity contribution in [2.75, 3.05) is 5.32 Å². The van der Waals surface area contributed by atoms with Crippen molar-refractivity contribution in [1.29, 1.82) is 0 Å². The summed E-state index contributed by atoms with van der Waals surface area (Å²) in [6, 6.07) is 25.4. The molecule has 2 N–H and O–H groups in total. The van der Waals surface area contributed by atoms with Crippen molar-refractivity contribution < 1.29 is 9.59 Å². The van der Waals surface area contributed by atoms with Gasteiger partial charge in [-0.2, -0.15) is 0 Å². The molecule has 0 aliphatic rings. The van der Waals surface area contributed by atoms with Gasteiger partial charge in [0, 0.05) is 29.8 Å². The predicted molar refractivity (Wildman–Crippen MR) is 118 cm³/mol. The molecular formula is C25H21N3O2. The van der Waals surface area contributed by atoms with Gasteiger partial charge in [0.25, 0.3) is 5.91 Å². The molecule has 1 aromatic heterocycles. The SMILES string of the molecule is O=C(NC(Cc1ccccc1)C(=O)Nc1cccc2ccncc12)c1ccccc1. The van der Waals surface area contributed by atoms with Crippen LogP contribution < -0.4 is 10.6 Å². The minimum atomic E-state index is -0.730. The molecule has 5 nitrogen and oxygen atoms in total. The third kappa shape index (κ3) is 4.52. The van der Waals surface area contributed by atoms with E-state index in [1.54, 1.807) is 36.7 Å². The molecule has 0 saturated heterocycles. The average molecular weight is 395 g/mol. The number of nitrogens with one attached hydrogen (secondary N) is 2. The van der Waals surface area contributed by atoms with Crippen molar-refractivity contribution >= 4 is 28.3 Å². The van der Waals surface area contributed by atoms with Crippen LogP contribution in [0.2, 0.25) is 0 Å². The first-order valence-corrected chi connectivity index (χ1v) is 9.74. The van der Waals surface area contributed by atoms with Crippen molar-refractivity contribution in [3.05, 3.63) is 108 Å². The van der Waals surface area contributed by atoms with E-state index in [-0.39, 0.29) is 11.8 Å². The van der Waals surface area contributed by atoms with Crippen molar-refractivity contribution in [2.45, 2.75) is 12.5 Å². The van der Waals surface area contributed by atoms with Crippen LogP contribution >= 0.6 is 0 Å². The molecule has 148 valence electrons. The van der Waals surface area contributed by atoms with Gasteiger partial charge in [-0.15, -0.1) is 0 Å².